The molecular weight excluding hydrogens is 252 g/mol. The molecule has 0 saturated heterocycles. The van der Waals surface area contributed by atoms with Crippen LogP contribution in [0.15, 0.2) is 40.9 Å². The van der Waals surface area contributed by atoms with Crippen LogP contribution in [-0.4, -0.2) is 6.10 Å². The Morgan fingerprint density at radius 3 is 2.33 bits per heavy atom. The van der Waals surface area contributed by atoms with Crippen LogP contribution in [0, 0.1) is 0 Å². The van der Waals surface area contributed by atoms with Crippen molar-refractivity contribution >= 4 is 26.7 Å². The minimum Gasteiger partial charge on any atom is -0.490 e. The lowest BCUT2D eigenvalue weighted by atomic mass is 10.1. The molecule has 0 aliphatic carbocycles. The molecule has 2 heteroatoms. The summed E-state index contributed by atoms with van der Waals surface area (Å²) in [7, 11) is 0. The van der Waals surface area contributed by atoms with E-state index in [0.717, 1.165) is 15.6 Å². The summed E-state index contributed by atoms with van der Waals surface area (Å²) < 4.78 is 6.87. The smallest absolute Gasteiger partial charge is 0.127 e. The molecule has 0 aromatic heterocycles. The van der Waals surface area contributed by atoms with Gasteiger partial charge >= 0.3 is 0 Å². The van der Waals surface area contributed by atoms with E-state index in [2.05, 4.69) is 28.1 Å². The van der Waals surface area contributed by atoms with E-state index >= 15 is 0 Å². The molecule has 2 aromatic rings. The Bertz CT molecular complexity index is 477. The summed E-state index contributed by atoms with van der Waals surface area (Å²) in [6, 6.07) is 12.3. The Hall–Kier alpha value is -1.02. The van der Waals surface area contributed by atoms with Crippen LogP contribution in [0.3, 0.4) is 0 Å². The van der Waals surface area contributed by atoms with Crippen LogP contribution < -0.4 is 4.74 Å². The first-order valence-electron chi connectivity index (χ1n) is 5.02. The normalized spacial score (nSPS) is 10.9. The number of halogens is 1. The zero-order valence-electron chi connectivity index (χ0n) is 8.83. The van der Waals surface area contributed by atoms with Crippen LogP contribution in [0.4, 0.5) is 0 Å². The van der Waals surface area contributed by atoms with E-state index in [1.54, 1.807) is 0 Å². The third-order valence-electron chi connectivity index (χ3n) is 2.19. The number of hydrogen-bond donors (Lipinski definition) is 0. The van der Waals surface area contributed by atoms with Gasteiger partial charge in [0.05, 0.1) is 6.10 Å². The molecule has 0 atom stereocenters. The molecule has 0 spiro atoms. The fourth-order valence-corrected chi connectivity index (χ4v) is 2.07. The lowest BCUT2D eigenvalue weighted by molar-refractivity contribution is 0.245. The summed E-state index contributed by atoms with van der Waals surface area (Å²) in [5.74, 6) is 0.948. The molecule has 0 heterocycles. The van der Waals surface area contributed by atoms with E-state index in [0.29, 0.717) is 0 Å². The lowest BCUT2D eigenvalue weighted by Gasteiger charge is -2.12. The maximum absolute atomic E-state index is 5.76. The van der Waals surface area contributed by atoms with Crippen molar-refractivity contribution in [2.24, 2.45) is 0 Å². The number of ether oxygens (including phenoxy) is 1. The second-order valence-corrected chi connectivity index (χ2v) is 4.61. The molecule has 0 unspecified atom stereocenters. The number of hydrogen-bond acceptors (Lipinski definition) is 1. The first-order chi connectivity index (χ1) is 7.18. The molecule has 0 aliphatic rings. The highest BCUT2D eigenvalue weighted by Crippen LogP contribution is 2.31. The molecule has 1 nitrogen and oxygen atoms in total. The van der Waals surface area contributed by atoms with Crippen molar-refractivity contribution in [1.29, 1.82) is 0 Å². The average Bonchev–Trinajstić information content (AvgIpc) is 2.22. The zero-order valence-corrected chi connectivity index (χ0v) is 10.4. The summed E-state index contributed by atoms with van der Waals surface area (Å²) in [6.07, 6.45) is 0.203. The Morgan fingerprint density at radius 2 is 1.67 bits per heavy atom. The molecule has 0 fully saturated rings. The van der Waals surface area contributed by atoms with Gasteiger partial charge in [0.15, 0.2) is 0 Å². The van der Waals surface area contributed by atoms with Gasteiger partial charge in [-0.2, -0.15) is 0 Å². The minimum absolute atomic E-state index is 0.203. The summed E-state index contributed by atoms with van der Waals surface area (Å²) in [5, 5.41) is 2.34. The fraction of sp³-hybridized carbons (Fsp3) is 0.231. The second-order valence-electron chi connectivity index (χ2n) is 3.76. The van der Waals surface area contributed by atoms with Crippen LogP contribution in [0.2, 0.25) is 0 Å². The monoisotopic (exact) mass is 264 g/mol. The van der Waals surface area contributed by atoms with E-state index in [9.17, 15) is 0 Å². The van der Waals surface area contributed by atoms with Gasteiger partial charge in [-0.05, 0) is 31.4 Å². The summed E-state index contributed by atoms with van der Waals surface area (Å²) in [4.78, 5) is 0. The highest BCUT2D eigenvalue weighted by Gasteiger charge is 2.05. The fourth-order valence-electron chi connectivity index (χ4n) is 1.59. The van der Waals surface area contributed by atoms with Gasteiger partial charge in [0.25, 0.3) is 0 Å². The molecule has 0 radical (unpaired) electrons. The van der Waals surface area contributed by atoms with Crippen molar-refractivity contribution < 1.29 is 4.74 Å². The second kappa shape index (κ2) is 4.23. The summed E-state index contributed by atoms with van der Waals surface area (Å²) >= 11 is 3.54. The molecule has 0 bridgehead atoms. The Morgan fingerprint density at radius 1 is 1.00 bits per heavy atom. The van der Waals surface area contributed by atoms with Gasteiger partial charge < -0.3 is 4.74 Å². The van der Waals surface area contributed by atoms with Crippen LogP contribution in [-0.2, 0) is 0 Å². The van der Waals surface area contributed by atoms with Crippen molar-refractivity contribution in [3.8, 4) is 5.75 Å². The van der Waals surface area contributed by atoms with E-state index < -0.39 is 0 Å². The van der Waals surface area contributed by atoms with Crippen molar-refractivity contribution in [1.82, 2.24) is 0 Å². The predicted molar refractivity (Wildman–Crippen MR) is 67.4 cm³/mol. The van der Waals surface area contributed by atoms with Crippen molar-refractivity contribution in [3.63, 3.8) is 0 Å². The summed E-state index contributed by atoms with van der Waals surface area (Å²) in [6.45, 7) is 4.08. The third kappa shape index (κ3) is 2.15. The van der Waals surface area contributed by atoms with E-state index in [4.69, 9.17) is 4.74 Å². The minimum atomic E-state index is 0.203. The molecule has 2 aromatic carbocycles. The molecule has 0 saturated carbocycles. The first-order valence-corrected chi connectivity index (χ1v) is 5.81. The maximum atomic E-state index is 5.76. The molecule has 0 amide bonds. The topological polar surface area (TPSA) is 9.23 Å². The van der Waals surface area contributed by atoms with E-state index in [-0.39, 0.29) is 6.10 Å². The van der Waals surface area contributed by atoms with Gasteiger partial charge in [0.1, 0.15) is 5.75 Å². The Labute approximate surface area is 98.2 Å². The van der Waals surface area contributed by atoms with Gasteiger partial charge in [-0.15, -0.1) is 0 Å². The molecule has 0 N–H and O–H groups in total. The first kappa shape index (κ1) is 10.5. The van der Waals surface area contributed by atoms with Gasteiger partial charge in [-0.25, -0.2) is 0 Å². The number of rotatable bonds is 2. The zero-order chi connectivity index (χ0) is 10.8. The van der Waals surface area contributed by atoms with Crippen LogP contribution in [0.5, 0.6) is 5.75 Å². The molecular formula is C13H13BrO. The van der Waals surface area contributed by atoms with Crippen LogP contribution in [0.25, 0.3) is 10.8 Å². The third-order valence-corrected chi connectivity index (χ3v) is 2.89. The number of fused-ring (bicyclic) bond motifs is 1. The van der Waals surface area contributed by atoms with E-state index in [1.165, 1.54) is 5.39 Å². The van der Waals surface area contributed by atoms with Crippen molar-refractivity contribution in [3.05, 3.63) is 40.9 Å². The molecule has 15 heavy (non-hydrogen) atoms. The Balaban J connectivity index is 2.61. The predicted octanol–water partition coefficient (Wildman–Crippen LogP) is 4.39. The molecule has 2 rings (SSSR count). The highest BCUT2D eigenvalue weighted by atomic mass is 79.9. The standard InChI is InChI=1S/C13H13BrO/c1-9(2)15-13-8-7-12(14)10-5-3-4-6-11(10)13/h3-9H,1-2H3. The quantitative estimate of drug-likeness (QED) is 0.782. The lowest BCUT2D eigenvalue weighted by Crippen LogP contribution is -2.05. The summed E-state index contributed by atoms with van der Waals surface area (Å²) in [5.41, 5.74) is 0. The van der Waals surface area contributed by atoms with Gasteiger partial charge in [0.2, 0.25) is 0 Å². The van der Waals surface area contributed by atoms with Gasteiger partial charge in [-0.1, -0.05) is 40.2 Å². The molecule has 78 valence electrons. The highest BCUT2D eigenvalue weighted by molar-refractivity contribution is 9.10. The van der Waals surface area contributed by atoms with Crippen molar-refractivity contribution in [2.45, 2.75) is 20.0 Å². The molecule has 0 aliphatic heterocycles. The SMILES string of the molecule is CC(C)Oc1ccc(Br)c2ccccc12. The van der Waals surface area contributed by atoms with Crippen molar-refractivity contribution in [2.75, 3.05) is 0 Å². The van der Waals surface area contributed by atoms with E-state index in [1.807, 2.05) is 38.1 Å². The van der Waals surface area contributed by atoms with Crippen LogP contribution in [0.1, 0.15) is 13.8 Å². The maximum Gasteiger partial charge on any atom is 0.127 e. The largest absolute Gasteiger partial charge is 0.490 e. The number of benzene rings is 2. The van der Waals surface area contributed by atoms with Gasteiger partial charge in [-0.3, -0.25) is 0 Å². The van der Waals surface area contributed by atoms with Crippen LogP contribution >= 0.6 is 15.9 Å². The average molecular weight is 265 g/mol. The Kier molecular flexibility index (Phi) is 2.96. The van der Waals surface area contributed by atoms with Gasteiger partial charge in [0, 0.05) is 9.86 Å².